The molecule has 0 radical (unpaired) electrons. The molecule has 0 aliphatic rings. The molecular formula is C20H25N3OS. The summed E-state index contributed by atoms with van der Waals surface area (Å²) in [5, 5.41) is 0.733. The van der Waals surface area contributed by atoms with Gasteiger partial charge >= 0.3 is 0 Å². The number of fused-ring (bicyclic) bond motifs is 1. The van der Waals surface area contributed by atoms with Crippen LogP contribution >= 0.6 is 11.3 Å². The van der Waals surface area contributed by atoms with Crippen molar-refractivity contribution in [1.82, 2.24) is 14.9 Å². The molecule has 2 aromatic heterocycles. The fraction of sp³-hybridized carbons (Fsp3) is 0.400. The Labute approximate surface area is 152 Å². The van der Waals surface area contributed by atoms with Gasteiger partial charge in [0.25, 0.3) is 5.56 Å². The number of hydrogen-bond donors (Lipinski definition) is 1. The molecule has 4 nitrogen and oxygen atoms in total. The maximum absolute atomic E-state index is 12.5. The molecule has 3 aromatic rings. The van der Waals surface area contributed by atoms with Crippen molar-refractivity contribution in [3.8, 4) is 0 Å². The Balaban J connectivity index is 1.85. The van der Waals surface area contributed by atoms with Crippen molar-refractivity contribution in [3.63, 3.8) is 0 Å². The standard InChI is InChI=1S/C20H25N3OS/c1-6-15-7-9-16(10-8-15)11-23(5)13(3)18-21-19(24)17-12(2)14(4)25-20(17)22-18/h7-10,13H,6,11H2,1-5H3,(H,21,22,24). The van der Waals surface area contributed by atoms with Crippen molar-refractivity contribution in [3.05, 3.63) is 62.0 Å². The molecule has 0 amide bonds. The number of thiophene rings is 1. The molecule has 1 N–H and O–H groups in total. The van der Waals surface area contributed by atoms with Crippen LogP contribution in [0.4, 0.5) is 0 Å². The summed E-state index contributed by atoms with van der Waals surface area (Å²) in [5.74, 6) is 0.728. The molecule has 0 fully saturated rings. The number of nitrogens with one attached hydrogen (secondary N) is 1. The second-order valence-electron chi connectivity index (χ2n) is 6.68. The van der Waals surface area contributed by atoms with Crippen molar-refractivity contribution in [2.45, 2.75) is 46.7 Å². The molecule has 0 saturated heterocycles. The molecule has 0 aliphatic heterocycles. The highest BCUT2D eigenvalue weighted by molar-refractivity contribution is 7.18. The van der Waals surface area contributed by atoms with Gasteiger partial charge in [0.15, 0.2) is 0 Å². The van der Waals surface area contributed by atoms with Gasteiger partial charge in [-0.2, -0.15) is 0 Å². The average molecular weight is 356 g/mol. The maximum atomic E-state index is 12.5. The summed E-state index contributed by atoms with van der Waals surface area (Å²) in [5.41, 5.74) is 3.61. The van der Waals surface area contributed by atoms with E-state index in [2.05, 4.69) is 55.0 Å². The highest BCUT2D eigenvalue weighted by atomic mass is 32.1. The molecule has 132 valence electrons. The van der Waals surface area contributed by atoms with Crippen LogP contribution in [0.2, 0.25) is 0 Å². The first-order valence-electron chi connectivity index (χ1n) is 8.68. The molecule has 2 heterocycles. The lowest BCUT2D eigenvalue weighted by atomic mass is 10.1. The predicted molar refractivity (Wildman–Crippen MR) is 105 cm³/mol. The molecule has 3 rings (SSSR count). The first-order chi connectivity index (χ1) is 11.9. The van der Waals surface area contributed by atoms with Crippen LogP contribution in [0.15, 0.2) is 29.1 Å². The zero-order chi connectivity index (χ0) is 18.1. The van der Waals surface area contributed by atoms with E-state index in [-0.39, 0.29) is 11.6 Å². The quantitative estimate of drug-likeness (QED) is 0.740. The van der Waals surface area contributed by atoms with Crippen LogP contribution in [-0.2, 0) is 13.0 Å². The van der Waals surface area contributed by atoms with E-state index in [0.717, 1.165) is 39.4 Å². The maximum Gasteiger partial charge on any atom is 0.259 e. The van der Waals surface area contributed by atoms with Crippen molar-refractivity contribution in [2.75, 3.05) is 7.05 Å². The molecule has 1 unspecified atom stereocenters. The summed E-state index contributed by atoms with van der Waals surface area (Å²) >= 11 is 1.59. The molecule has 0 bridgehead atoms. The van der Waals surface area contributed by atoms with E-state index < -0.39 is 0 Å². The van der Waals surface area contributed by atoms with Gasteiger partial charge in [-0.05, 0) is 50.9 Å². The van der Waals surface area contributed by atoms with E-state index in [0.29, 0.717) is 0 Å². The van der Waals surface area contributed by atoms with Gasteiger partial charge in [-0.3, -0.25) is 9.69 Å². The Morgan fingerprint density at radius 3 is 2.48 bits per heavy atom. The van der Waals surface area contributed by atoms with Gasteiger partial charge in [0.1, 0.15) is 10.7 Å². The normalized spacial score (nSPS) is 12.9. The largest absolute Gasteiger partial charge is 0.309 e. The smallest absolute Gasteiger partial charge is 0.259 e. The number of rotatable bonds is 5. The average Bonchev–Trinajstić information content (AvgIpc) is 2.89. The fourth-order valence-corrected chi connectivity index (χ4v) is 4.02. The third-order valence-corrected chi connectivity index (χ3v) is 6.08. The Morgan fingerprint density at radius 2 is 1.84 bits per heavy atom. The summed E-state index contributed by atoms with van der Waals surface area (Å²) in [7, 11) is 2.06. The second-order valence-corrected chi connectivity index (χ2v) is 7.88. The third-order valence-electron chi connectivity index (χ3n) is 4.98. The van der Waals surface area contributed by atoms with Crippen molar-refractivity contribution < 1.29 is 0 Å². The van der Waals surface area contributed by atoms with Crippen LogP contribution in [0.1, 0.15) is 47.3 Å². The lowest BCUT2D eigenvalue weighted by molar-refractivity contribution is 0.244. The fourth-order valence-electron chi connectivity index (χ4n) is 2.98. The zero-order valence-electron chi connectivity index (χ0n) is 15.5. The molecule has 1 atom stereocenters. The van der Waals surface area contributed by atoms with Gasteiger partial charge < -0.3 is 4.98 Å². The first-order valence-corrected chi connectivity index (χ1v) is 9.50. The number of hydrogen-bond acceptors (Lipinski definition) is 4. The van der Waals surface area contributed by atoms with E-state index in [4.69, 9.17) is 4.98 Å². The Kier molecular flexibility index (Phi) is 5.06. The Bertz CT molecular complexity index is 940. The first kappa shape index (κ1) is 17.8. The summed E-state index contributed by atoms with van der Waals surface area (Å²) in [4.78, 5) is 24.4. The van der Waals surface area contributed by atoms with E-state index in [1.807, 2.05) is 13.8 Å². The van der Waals surface area contributed by atoms with Crippen LogP contribution in [-0.4, -0.2) is 21.9 Å². The number of aryl methyl sites for hydroxylation is 3. The minimum Gasteiger partial charge on any atom is -0.309 e. The van der Waals surface area contributed by atoms with Crippen LogP contribution in [0.3, 0.4) is 0 Å². The number of H-pyrrole nitrogens is 1. The van der Waals surface area contributed by atoms with E-state index >= 15 is 0 Å². The van der Waals surface area contributed by atoms with Crippen LogP contribution in [0.5, 0.6) is 0 Å². The van der Waals surface area contributed by atoms with Gasteiger partial charge in [-0.15, -0.1) is 11.3 Å². The van der Waals surface area contributed by atoms with E-state index in [9.17, 15) is 4.79 Å². The molecule has 1 aromatic carbocycles. The lowest BCUT2D eigenvalue weighted by Crippen LogP contribution is -2.25. The molecule has 0 spiro atoms. The van der Waals surface area contributed by atoms with E-state index in [1.54, 1.807) is 11.3 Å². The highest BCUT2D eigenvalue weighted by Crippen LogP contribution is 2.27. The van der Waals surface area contributed by atoms with Crippen LogP contribution < -0.4 is 5.56 Å². The van der Waals surface area contributed by atoms with Gasteiger partial charge in [0, 0.05) is 11.4 Å². The minimum atomic E-state index is -0.0330. The summed E-state index contributed by atoms with van der Waals surface area (Å²) in [6.07, 6.45) is 1.05. The number of nitrogens with zero attached hydrogens (tertiary/aromatic N) is 2. The van der Waals surface area contributed by atoms with Crippen LogP contribution in [0, 0.1) is 13.8 Å². The predicted octanol–water partition coefficient (Wildman–Crippen LogP) is 4.36. The highest BCUT2D eigenvalue weighted by Gasteiger charge is 2.18. The van der Waals surface area contributed by atoms with Crippen LogP contribution in [0.25, 0.3) is 10.2 Å². The van der Waals surface area contributed by atoms with Gasteiger partial charge in [-0.25, -0.2) is 4.98 Å². The monoisotopic (exact) mass is 355 g/mol. The minimum absolute atomic E-state index is 0.0330. The summed E-state index contributed by atoms with van der Waals surface area (Å²) in [6, 6.07) is 8.74. The zero-order valence-corrected chi connectivity index (χ0v) is 16.3. The summed E-state index contributed by atoms with van der Waals surface area (Å²) in [6.45, 7) is 9.08. The number of benzene rings is 1. The Hall–Kier alpha value is -1.98. The van der Waals surface area contributed by atoms with Gasteiger partial charge in [0.2, 0.25) is 0 Å². The topological polar surface area (TPSA) is 49.0 Å². The van der Waals surface area contributed by atoms with E-state index in [1.165, 1.54) is 11.1 Å². The number of aromatic amines is 1. The molecule has 0 saturated carbocycles. The summed E-state index contributed by atoms with van der Waals surface area (Å²) < 4.78 is 0. The molecular weight excluding hydrogens is 330 g/mol. The van der Waals surface area contributed by atoms with Crippen molar-refractivity contribution in [1.29, 1.82) is 0 Å². The molecule has 0 aliphatic carbocycles. The number of aromatic nitrogens is 2. The van der Waals surface area contributed by atoms with Gasteiger partial charge in [-0.1, -0.05) is 31.2 Å². The molecule has 5 heteroatoms. The molecule has 25 heavy (non-hydrogen) atoms. The second kappa shape index (κ2) is 7.10. The SMILES string of the molecule is CCc1ccc(CN(C)C(C)c2nc3sc(C)c(C)c3c(=O)[nH]2)cc1. The van der Waals surface area contributed by atoms with Crippen molar-refractivity contribution >= 4 is 21.6 Å². The Morgan fingerprint density at radius 1 is 1.20 bits per heavy atom. The van der Waals surface area contributed by atoms with Crippen molar-refractivity contribution in [2.24, 2.45) is 0 Å². The third kappa shape index (κ3) is 3.53. The van der Waals surface area contributed by atoms with Gasteiger partial charge in [0.05, 0.1) is 11.4 Å². The lowest BCUT2D eigenvalue weighted by Gasteiger charge is -2.24.